The number of likely N-dealkylation sites (tertiary alicyclic amines) is 1. The highest BCUT2D eigenvalue weighted by Gasteiger charge is 2.42. The minimum atomic E-state index is -1.19. The van der Waals surface area contributed by atoms with E-state index < -0.39 is 17.6 Å². The van der Waals surface area contributed by atoms with Crippen molar-refractivity contribution in [3.8, 4) is 0 Å². The van der Waals surface area contributed by atoms with Crippen LogP contribution in [0.15, 0.2) is 54.6 Å². The Morgan fingerprint density at radius 1 is 0.923 bits per heavy atom. The smallest absolute Gasteiger partial charge is 0.312 e. The summed E-state index contributed by atoms with van der Waals surface area (Å²) in [4.78, 5) is 32.8. The highest BCUT2D eigenvalue weighted by molar-refractivity contribution is 5.94. The summed E-state index contributed by atoms with van der Waals surface area (Å²) in [6.07, 6.45) is 1.54. The minimum Gasteiger partial charge on any atom is -0.462 e. The fourth-order valence-electron chi connectivity index (χ4n) is 5.61. The molecule has 0 saturated carbocycles. The summed E-state index contributed by atoms with van der Waals surface area (Å²) in [5.74, 6) is -0.366. The first-order valence-corrected chi connectivity index (χ1v) is 14.1. The van der Waals surface area contributed by atoms with Gasteiger partial charge in [-0.05, 0) is 75.0 Å². The van der Waals surface area contributed by atoms with Crippen molar-refractivity contribution in [1.82, 2.24) is 9.80 Å². The molecular formula is C31H43N3O5. The van der Waals surface area contributed by atoms with E-state index >= 15 is 0 Å². The summed E-state index contributed by atoms with van der Waals surface area (Å²) in [6, 6.07) is 17.8. The lowest BCUT2D eigenvalue weighted by molar-refractivity contribution is -0.165. The van der Waals surface area contributed by atoms with Crippen LogP contribution in [0.5, 0.6) is 0 Å². The summed E-state index contributed by atoms with van der Waals surface area (Å²) < 4.78 is 5.61. The zero-order chi connectivity index (χ0) is 27.8. The molecule has 2 aromatic carbocycles. The maximum absolute atomic E-state index is 13.4. The van der Waals surface area contributed by atoms with Crippen molar-refractivity contribution in [1.29, 1.82) is 0 Å². The third-order valence-electron chi connectivity index (χ3n) is 8.27. The number of aliphatic hydroxyl groups excluding tert-OH is 2. The van der Waals surface area contributed by atoms with Gasteiger partial charge < -0.3 is 24.7 Å². The van der Waals surface area contributed by atoms with Crippen LogP contribution in [-0.2, 0) is 16.1 Å². The third-order valence-corrected chi connectivity index (χ3v) is 8.27. The largest absolute Gasteiger partial charge is 0.462 e. The van der Waals surface area contributed by atoms with Crippen LogP contribution in [0.3, 0.4) is 0 Å². The van der Waals surface area contributed by atoms with Crippen LogP contribution in [0.4, 0.5) is 5.69 Å². The van der Waals surface area contributed by atoms with E-state index in [1.54, 1.807) is 4.90 Å². The number of nitrogens with zero attached hydrogens (tertiary/aromatic N) is 3. The van der Waals surface area contributed by atoms with Gasteiger partial charge in [0.2, 0.25) is 0 Å². The van der Waals surface area contributed by atoms with Crippen LogP contribution < -0.4 is 4.90 Å². The van der Waals surface area contributed by atoms with Crippen molar-refractivity contribution in [2.45, 2.75) is 57.3 Å². The summed E-state index contributed by atoms with van der Waals surface area (Å²) in [6.45, 7) is 3.05. The number of piperidine rings is 1. The Morgan fingerprint density at radius 3 is 2.28 bits per heavy atom. The molecule has 0 aromatic heterocycles. The van der Waals surface area contributed by atoms with Gasteiger partial charge in [-0.3, -0.25) is 14.5 Å². The van der Waals surface area contributed by atoms with Gasteiger partial charge in [0.25, 0.3) is 5.91 Å². The molecular weight excluding hydrogens is 494 g/mol. The van der Waals surface area contributed by atoms with Crippen molar-refractivity contribution in [2.75, 3.05) is 51.8 Å². The van der Waals surface area contributed by atoms with Gasteiger partial charge in [-0.1, -0.05) is 36.8 Å². The molecule has 4 rings (SSSR count). The third kappa shape index (κ3) is 7.59. The van der Waals surface area contributed by atoms with Crippen molar-refractivity contribution in [3.63, 3.8) is 0 Å². The van der Waals surface area contributed by atoms with Crippen LogP contribution in [0.25, 0.3) is 0 Å². The topological polar surface area (TPSA) is 93.6 Å². The molecule has 8 heteroatoms. The molecule has 1 spiro atoms. The molecule has 2 aromatic rings. The first kappa shape index (κ1) is 29.1. The van der Waals surface area contributed by atoms with Gasteiger partial charge in [0.05, 0.1) is 11.5 Å². The quantitative estimate of drug-likeness (QED) is 0.578. The number of esters is 1. The SMILES string of the molecule is CN(C)c1ccc(C(=O)N2CCCCC3(CCN(Cc4ccccc4)CC3)C(=O)OC[C@@H](O)[C@@H](O)CC2)cc1. The highest BCUT2D eigenvalue weighted by atomic mass is 16.5. The molecule has 39 heavy (non-hydrogen) atoms. The lowest BCUT2D eigenvalue weighted by Gasteiger charge is -2.40. The number of ether oxygens (including phenoxy) is 1. The van der Waals surface area contributed by atoms with E-state index in [1.165, 1.54) is 5.56 Å². The lowest BCUT2D eigenvalue weighted by Crippen LogP contribution is -2.45. The number of cyclic esters (lactones) is 1. The number of aliphatic hydroxyl groups is 2. The maximum atomic E-state index is 13.4. The Morgan fingerprint density at radius 2 is 1.62 bits per heavy atom. The van der Waals surface area contributed by atoms with Crippen molar-refractivity contribution in [3.05, 3.63) is 65.7 Å². The fraction of sp³-hybridized carbons (Fsp3) is 0.548. The molecule has 2 atom stereocenters. The van der Waals surface area contributed by atoms with Gasteiger partial charge in [0, 0.05) is 45.0 Å². The number of hydrogen-bond donors (Lipinski definition) is 2. The standard InChI is InChI=1S/C31H43N3O5/c1-32(2)26-12-10-25(11-13-26)29(37)34-18-7-6-15-31(30(38)39-23-28(36)27(35)14-19-34)16-20-33(21-17-31)22-24-8-4-3-5-9-24/h3-5,8-13,27-28,35-36H,6-7,14-23H2,1-2H3/t27-,28+/m0/s1. The first-order chi connectivity index (χ1) is 18.8. The van der Waals surface area contributed by atoms with Gasteiger partial charge in [-0.15, -0.1) is 0 Å². The number of hydrogen-bond acceptors (Lipinski definition) is 7. The zero-order valence-corrected chi connectivity index (χ0v) is 23.3. The first-order valence-electron chi connectivity index (χ1n) is 14.1. The second kappa shape index (κ2) is 13.4. The Kier molecular flexibility index (Phi) is 9.99. The average Bonchev–Trinajstić information content (AvgIpc) is 2.96. The second-order valence-electron chi connectivity index (χ2n) is 11.3. The number of benzene rings is 2. The lowest BCUT2D eigenvalue weighted by atomic mass is 9.74. The maximum Gasteiger partial charge on any atom is 0.312 e. The Balaban J connectivity index is 1.43. The minimum absolute atomic E-state index is 0.0897. The second-order valence-corrected chi connectivity index (χ2v) is 11.3. The van der Waals surface area contributed by atoms with Crippen LogP contribution in [0.2, 0.25) is 0 Å². The summed E-state index contributed by atoms with van der Waals surface area (Å²) >= 11 is 0. The van der Waals surface area contributed by atoms with E-state index in [0.717, 1.165) is 38.2 Å². The van der Waals surface area contributed by atoms with E-state index in [4.69, 9.17) is 4.74 Å². The molecule has 0 unspecified atom stereocenters. The highest BCUT2D eigenvalue weighted by Crippen LogP contribution is 2.38. The molecule has 0 bridgehead atoms. The van der Waals surface area contributed by atoms with Crippen LogP contribution in [0.1, 0.15) is 54.4 Å². The number of rotatable bonds is 4. The number of amides is 1. The molecule has 2 fully saturated rings. The molecule has 212 valence electrons. The Hall–Kier alpha value is -2.94. The summed E-state index contributed by atoms with van der Waals surface area (Å²) in [7, 11) is 3.91. The molecule has 0 aliphatic carbocycles. The van der Waals surface area contributed by atoms with E-state index in [9.17, 15) is 19.8 Å². The summed E-state index contributed by atoms with van der Waals surface area (Å²) in [5.41, 5.74) is 2.26. The predicted molar refractivity (Wildman–Crippen MR) is 151 cm³/mol. The average molecular weight is 538 g/mol. The molecule has 8 nitrogen and oxygen atoms in total. The van der Waals surface area contributed by atoms with Crippen LogP contribution in [-0.4, -0.2) is 91.0 Å². The van der Waals surface area contributed by atoms with Crippen molar-refractivity contribution < 1.29 is 24.5 Å². The van der Waals surface area contributed by atoms with E-state index in [2.05, 4.69) is 17.0 Å². The van der Waals surface area contributed by atoms with Gasteiger partial charge in [-0.2, -0.15) is 0 Å². The van der Waals surface area contributed by atoms with Crippen molar-refractivity contribution >= 4 is 17.6 Å². The predicted octanol–water partition coefficient (Wildman–Crippen LogP) is 3.32. The molecule has 0 radical (unpaired) electrons. The number of anilines is 1. The van der Waals surface area contributed by atoms with E-state index in [1.807, 2.05) is 61.5 Å². The normalized spacial score (nSPS) is 23.3. The Bertz CT molecular complexity index is 1070. The molecule has 2 aliphatic rings. The molecule has 2 heterocycles. The van der Waals surface area contributed by atoms with E-state index in [-0.39, 0.29) is 24.9 Å². The van der Waals surface area contributed by atoms with Gasteiger partial charge >= 0.3 is 5.97 Å². The molecule has 2 saturated heterocycles. The Labute approximate surface area is 232 Å². The van der Waals surface area contributed by atoms with E-state index in [0.29, 0.717) is 37.9 Å². The monoisotopic (exact) mass is 537 g/mol. The zero-order valence-electron chi connectivity index (χ0n) is 23.3. The molecule has 2 aliphatic heterocycles. The fourth-order valence-corrected chi connectivity index (χ4v) is 5.61. The molecule has 2 N–H and O–H groups in total. The summed E-state index contributed by atoms with van der Waals surface area (Å²) in [5, 5.41) is 21.1. The number of carbonyl (C=O) groups excluding carboxylic acids is 2. The molecule has 1 amide bonds. The van der Waals surface area contributed by atoms with Gasteiger partial charge in [0.1, 0.15) is 12.7 Å². The van der Waals surface area contributed by atoms with Crippen molar-refractivity contribution in [2.24, 2.45) is 5.41 Å². The van der Waals surface area contributed by atoms with Gasteiger partial charge in [0.15, 0.2) is 0 Å². The van der Waals surface area contributed by atoms with Gasteiger partial charge in [-0.25, -0.2) is 0 Å². The number of carbonyl (C=O) groups is 2. The van der Waals surface area contributed by atoms with Crippen LogP contribution in [0, 0.1) is 5.41 Å². The van der Waals surface area contributed by atoms with Crippen LogP contribution >= 0.6 is 0 Å².